The van der Waals surface area contributed by atoms with Gasteiger partial charge in [0, 0.05) is 0 Å². The van der Waals surface area contributed by atoms with Crippen molar-refractivity contribution in [3.8, 4) is 0 Å². The minimum absolute atomic E-state index is 2.09. The minimum Gasteiger partial charge on any atom is -0.691 e. The van der Waals surface area contributed by atoms with Crippen molar-refractivity contribution in [1.82, 2.24) is 0 Å². The highest BCUT2D eigenvalue weighted by Crippen LogP contribution is 2.42. The highest BCUT2D eigenvalue weighted by molar-refractivity contribution is 8.15. The van der Waals surface area contributed by atoms with Crippen LogP contribution in [0.1, 0.15) is 0 Å². The molecular weight excluding hydrogens is 235 g/mol. The normalized spacial score (nSPS) is 23.6. The van der Waals surface area contributed by atoms with Crippen molar-refractivity contribution in [3.63, 3.8) is 0 Å². The van der Waals surface area contributed by atoms with Crippen molar-refractivity contribution in [2.24, 2.45) is 0 Å². The fourth-order valence-corrected chi connectivity index (χ4v) is 1.44. The molecule has 1 atom stereocenters. The molecule has 0 fully saturated rings. The van der Waals surface area contributed by atoms with Gasteiger partial charge in [-0.25, -0.2) is 4.39 Å². The maximum absolute atomic E-state index is 12.6. The summed E-state index contributed by atoms with van der Waals surface area (Å²) in [6, 6.07) is 0. The van der Waals surface area contributed by atoms with Crippen LogP contribution in [0.4, 0.5) is 22.0 Å². The summed E-state index contributed by atoms with van der Waals surface area (Å²) in [7, 11) is -2.93. The molecule has 0 aromatic rings. The predicted molar refractivity (Wildman–Crippen MR) is 34.4 cm³/mol. The Morgan fingerprint density at radius 1 is 0.929 bits per heavy atom. The summed E-state index contributed by atoms with van der Waals surface area (Å²) >= 11 is 0. The monoisotopic (exact) mass is 235 g/mol. The van der Waals surface area contributed by atoms with Gasteiger partial charge in [-0.3, -0.25) is 5.04 Å². The topological polar surface area (TPSA) is 41.5 Å². The van der Waals surface area contributed by atoms with Crippen molar-refractivity contribution >= 4 is 15.9 Å². The molecule has 1 unspecified atom stereocenters. The second-order valence-corrected chi connectivity index (χ2v) is 3.28. The molecule has 3 nitrogen and oxygen atoms in total. The molecule has 0 saturated carbocycles. The Kier molecular flexibility index (Phi) is 3.37. The van der Waals surface area contributed by atoms with E-state index in [1.54, 1.807) is 0 Å². The first-order valence-corrected chi connectivity index (χ1v) is 4.00. The van der Waals surface area contributed by atoms with Crippen LogP contribution in [0.25, 0.3) is 0 Å². The van der Waals surface area contributed by atoms with Crippen LogP contribution in [0.2, 0.25) is 0 Å². The van der Waals surface area contributed by atoms with Gasteiger partial charge in [-0.1, -0.05) is 0 Å². The number of halogens is 5. The summed E-state index contributed by atoms with van der Waals surface area (Å²) < 4.78 is 65.6. The Labute approximate surface area is 76.0 Å². The Morgan fingerprint density at radius 3 is 2.00 bits per heavy atom. The van der Waals surface area contributed by atoms with Crippen molar-refractivity contribution in [2.45, 2.75) is 0 Å². The maximum atomic E-state index is 12.6. The van der Waals surface area contributed by atoms with Gasteiger partial charge in [-0.2, -0.15) is 21.9 Å². The van der Waals surface area contributed by atoms with Gasteiger partial charge in [0.15, 0.2) is 0 Å². The second-order valence-electron chi connectivity index (χ2n) is 1.89. The van der Waals surface area contributed by atoms with Gasteiger partial charge < -0.3 is 5.26 Å². The van der Waals surface area contributed by atoms with Gasteiger partial charge in [0.2, 0.25) is 27.8 Å². The lowest BCUT2D eigenvalue weighted by molar-refractivity contribution is -0.777. The summed E-state index contributed by atoms with van der Waals surface area (Å²) in [5.41, 5.74) is 0. The van der Waals surface area contributed by atoms with E-state index in [9.17, 15) is 27.2 Å². The zero-order valence-electron chi connectivity index (χ0n) is 6.02. The third-order valence-corrected chi connectivity index (χ3v) is 2.35. The van der Waals surface area contributed by atoms with Gasteiger partial charge in [-0.05, 0) is 0 Å². The van der Waals surface area contributed by atoms with Crippen LogP contribution in [0.3, 0.4) is 0 Å². The second kappa shape index (κ2) is 4.17. The largest absolute Gasteiger partial charge is 0.691 e. The van der Waals surface area contributed by atoms with Crippen LogP contribution in [-0.2, 0) is 9.37 Å². The zero-order chi connectivity index (χ0) is 10.9. The van der Waals surface area contributed by atoms with Crippen molar-refractivity contribution in [1.29, 1.82) is 0 Å². The minimum atomic E-state index is -2.93. The van der Waals surface area contributed by atoms with Crippen molar-refractivity contribution in [3.05, 3.63) is 22.6 Å². The summed E-state index contributed by atoms with van der Waals surface area (Å²) in [5, 5.41) is 7.78. The zero-order valence-corrected chi connectivity index (χ0v) is 6.84. The average Bonchev–Trinajstić information content (AvgIpc) is 2.19. The predicted octanol–water partition coefficient (Wildman–Crippen LogP) is 1.77. The van der Waals surface area contributed by atoms with Gasteiger partial charge in [0.05, 0.1) is 10.8 Å². The van der Waals surface area contributed by atoms with E-state index in [2.05, 4.69) is 9.37 Å². The van der Waals surface area contributed by atoms with Crippen LogP contribution in [-0.4, -0.2) is 5.12 Å². The summed E-state index contributed by atoms with van der Waals surface area (Å²) in [4.78, 5) is 0. The molecule has 0 aromatic heterocycles. The fraction of sp³-hybridized carbons (Fsp3) is 0. The van der Waals surface area contributed by atoms with Crippen molar-refractivity contribution in [2.75, 3.05) is 0 Å². The molecule has 0 aliphatic carbocycles. The Morgan fingerprint density at radius 2 is 1.50 bits per heavy atom. The average molecular weight is 235 g/mol. The van der Waals surface area contributed by atoms with E-state index in [1.807, 2.05) is 0 Å². The lowest BCUT2D eigenvalue weighted by atomic mass is 10.4. The van der Waals surface area contributed by atoms with E-state index in [0.29, 0.717) is 0 Å². The molecule has 80 valence electrons. The molecule has 1 heterocycles. The smallest absolute Gasteiger partial charge is 0.220 e. The Hall–Kier alpha value is -0.770. The number of hydrogen-bond donors (Lipinski definition) is 0. The molecule has 1 aliphatic heterocycles. The summed E-state index contributed by atoms with van der Waals surface area (Å²) in [5.74, 6) is -6.84. The van der Waals surface area contributed by atoms with Crippen LogP contribution in [0.5, 0.6) is 0 Å². The first-order chi connectivity index (χ1) is 6.50. The molecule has 0 saturated heterocycles. The van der Waals surface area contributed by atoms with Gasteiger partial charge in [0.25, 0.3) is 0 Å². The molecule has 1 rings (SSSR count). The van der Waals surface area contributed by atoms with Crippen LogP contribution in [0.15, 0.2) is 22.6 Å². The van der Waals surface area contributed by atoms with Crippen LogP contribution in [0, 0.1) is 0 Å². The lowest BCUT2D eigenvalue weighted by Crippen LogP contribution is -2.08. The SMILES string of the molecule is [O-]OOS1=C(F)C(F)=C(F)C(F)=C1F. The Bertz CT molecular complexity index is 355. The molecule has 0 amide bonds. The third kappa shape index (κ3) is 1.71. The molecule has 0 N–H and O–H groups in total. The molecule has 1 aliphatic rings. The van der Waals surface area contributed by atoms with E-state index in [1.165, 1.54) is 0 Å². The first kappa shape index (κ1) is 11.3. The van der Waals surface area contributed by atoms with E-state index in [4.69, 9.17) is 0 Å². The maximum Gasteiger partial charge on any atom is 0.220 e. The number of rotatable bonds is 2. The molecule has 9 heteroatoms. The van der Waals surface area contributed by atoms with Crippen LogP contribution >= 0.6 is 10.8 Å². The lowest BCUT2D eigenvalue weighted by Gasteiger charge is -2.13. The molecule has 0 radical (unpaired) electrons. The van der Waals surface area contributed by atoms with E-state index < -0.39 is 38.5 Å². The molecule has 0 spiro atoms. The number of hydrogen-bond acceptors (Lipinski definition) is 3. The van der Waals surface area contributed by atoms with Crippen molar-refractivity contribution < 1.29 is 36.6 Å². The number of allylic oxidation sites excluding steroid dienone is 3. The first-order valence-electron chi connectivity index (χ1n) is 2.85. The third-order valence-electron chi connectivity index (χ3n) is 1.15. The summed E-state index contributed by atoms with van der Waals surface area (Å²) in [6.07, 6.45) is 0. The van der Waals surface area contributed by atoms with Gasteiger partial charge in [0.1, 0.15) is 0 Å². The molecule has 0 aromatic carbocycles. The summed E-state index contributed by atoms with van der Waals surface area (Å²) in [6.45, 7) is 0. The van der Waals surface area contributed by atoms with Crippen LogP contribution < -0.4 is 5.26 Å². The van der Waals surface area contributed by atoms with Gasteiger partial charge >= 0.3 is 0 Å². The van der Waals surface area contributed by atoms with Gasteiger partial charge in [-0.15, -0.1) is 0 Å². The van der Waals surface area contributed by atoms with E-state index >= 15 is 0 Å². The molecule has 14 heavy (non-hydrogen) atoms. The highest BCUT2D eigenvalue weighted by atomic mass is 32.2. The van der Waals surface area contributed by atoms with E-state index in [0.717, 1.165) is 0 Å². The molecular formula is C5F5O3S-. The Balaban J connectivity index is 3.29. The highest BCUT2D eigenvalue weighted by Gasteiger charge is 2.32. The standard InChI is InChI=1S/C5HF5O3S/c6-1-2(7)4(9)14(13-12-11)5(10)3(1)8/h11H/p-1. The fourth-order valence-electron chi connectivity index (χ4n) is 0.598. The quantitative estimate of drug-likeness (QED) is 0.241. The molecule has 0 bridgehead atoms. The van der Waals surface area contributed by atoms with E-state index in [-0.39, 0.29) is 0 Å².